The van der Waals surface area contributed by atoms with Crippen molar-refractivity contribution in [2.75, 3.05) is 5.32 Å². The molecule has 0 fully saturated rings. The highest BCUT2D eigenvalue weighted by atomic mass is 32.1. The largest absolute Gasteiger partial charge is 0.318 e. The van der Waals surface area contributed by atoms with Crippen molar-refractivity contribution >= 4 is 33.0 Å². The molecular weight excluding hydrogens is 236 g/mol. The van der Waals surface area contributed by atoms with Gasteiger partial charge in [0.15, 0.2) is 0 Å². The fourth-order valence-corrected chi connectivity index (χ4v) is 2.29. The smallest absolute Gasteiger partial charge is 0.274 e. The van der Waals surface area contributed by atoms with Crippen molar-refractivity contribution < 1.29 is 4.79 Å². The summed E-state index contributed by atoms with van der Waals surface area (Å²) in [6.07, 6.45) is 4.86. The predicted octanol–water partition coefficient (Wildman–Crippen LogP) is 2.27. The average molecular weight is 244 g/mol. The summed E-state index contributed by atoms with van der Waals surface area (Å²) in [5.74, 6) is -0.235. The van der Waals surface area contributed by atoms with Gasteiger partial charge in [0.25, 0.3) is 5.91 Å². The van der Waals surface area contributed by atoms with E-state index >= 15 is 0 Å². The first kappa shape index (κ1) is 9.98. The van der Waals surface area contributed by atoms with Gasteiger partial charge in [-0.05, 0) is 17.5 Å². The molecule has 3 aromatic rings. The van der Waals surface area contributed by atoms with Crippen LogP contribution in [0.25, 0.3) is 10.1 Å². The van der Waals surface area contributed by atoms with E-state index in [1.54, 1.807) is 36.0 Å². The van der Waals surface area contributed by atoms with Gasteiger partial charge >= 0.3 is 0 Å². The lowest BCUT2D eigenvalue weighted by molar-refractivity contribution is 0.102. The summed E-state index contributed by atoms with van der Waals surface area (Å²) < 4.78 is 1.05. The molecule has 3 heterocycles. The minimum atomic E-state index is -0.235. The number of aromatic nitrogens is 3. The first-order chi connectivity index (χ1) is 8.33. The maximum Gasteiger partial charge on any atom is 0.274 e. The van der Waals surface area contributed by atoms with E-state index in [2.05, 4.69) is 20.5 Å². The number of hydrogen-bond donors (Lipinski definition) is 2. The first-order valence-corrected chi connectivity index (χ1v) is 5.84. The van der Waals surface area contributed by atoms with Crippen LogP contribution in [0.2, 0.25) is 0 Å². The summed E-state index contributed by atoms with van der Waals surface area (Å²) in [6.45, 7) is 0. The molecule has 0 radical (unpaired) electrons. The Hall–Kier alpha value is -2.21. The van der Waals surface area contributed by atoms with E-state index in [1.807, 2.05) is 11.4 Å². The topological polar surface area (TPSA) is 70.7 Å². The fourth-order valence-electron chi connectivity index (χ4n) is 1.49. The maximum absolute atomic E-state index is 11.9. The minimum Gasteiger partial charge on any atom is -0.318 e. The molecule has 3 rings (SSSR count). The van der Waals surface area contributed by atoms with E-state index in [-0.39, 0.29) is 5.91 Å². The minimum absolute atomic E-state index is 0.235. The number of thiophene rings is 1. The lowest BCUT2D eigenvalue weighted by Crippen LogP contribution is -2.12. The molecule has 0 spiro atoms. The van der Waals surface area contributed by atoms with Gasteiger partial charge in [0.1, 0.15) is 5.69 Å². The van der Waals surface area contributed by atoms with Crippen molar-refractivity contribution in [1.82, 2.24) is 15.2 Å². The molecule has 0 unspecified atom stereocenters. The van der Waals surface area contributed by atoms with Crippen molar-refractivity contribution in [2.45, 2.75) is 0 Å². The third-order valence-corrected chi connectivity index (χ3v) is 3.21. The van der Waals surface area contributed by atoms with E-state index < -0.39 is 0 Å². The number of pyridine rings is 1. The zero-order valence-corrected chi connectivity index (χ0v) is 9.49. The zero-order valence-electron chi connectivity index (χ0n) is 8.68. The summed E-state index contributed by atoms with van der Waals surface area (Å²) >= 11 is 1.59. The number of H-pyrrole nitrogens is 1. The van der Waals surface area contributed by atoms with Crippen LogP contribution in [0.3, 0.4) is 0 Å². The fraction of sp³-hybridized carbons (Fsp3) is 0. The Morgan fingerprint density at radius 2 is 2.35 bits per heavy atom. The Morgan fingerprint density at radius 1 is 1.41 bits per heavy atom. The number of hydrogen-bond acceptors (Lipinski definition) is 4. The highest BCUT2D eigenvalue weighted by Crippen LogP contribution is 2.20. The van der Waals surface area contributed by atoms with Gasteiger partial charge in [-0.15, -0.1) is 11.3 Å². The molecule has 0 aliphatic heterocycles. The quantitative estimate of drug-likeness (QED) is 0.726. The molecule has 2 N–H and O–H groups in total. The van der Waals surface area contributed by atoms with Gasteiger partial charge in [-0.25, -0.2) is 0 Å². The van der Waals surface area contributed by atoms with Crippen LogP contribution in [0.5, 0.6) is 0 Å². The average Bonchev–Trinajstić information content (AvgIpc) is 2.97. The van der Waals surface area contributed by atoms with Crippen LogP contribution in [0.15, 0.2) is 36.1 Å². The Morgan fingerprint density at radius 3 is 3.18 bits per heavy atom. The lowest BCUT2D eigenvalue weighted by atomic mass is 10.3. The highest BCUT2D eigenvalue weighted by Gasteiger charge is 2.09. The van der Waals surface area contributed by atoms with Crippen LogP contribution in [0.4, 0.5) is 5.69 Å². The number of amides is 1. The Kier molecular flexibility index (Phi) is 2.34. The molecule has 0 saturated heterocycles. The second-order valence-electron chi connectivity index (χ2n) is 3.47. The number of fused-ring (bicyclic) bond motifs is 1. The van der Waals surface area contributed by atoms with Gasteiger partial charge in [-0.3, -0.25) is 14.9 Å². The molecule has 0 saturated carbocycles. The van der Waals surface area contributed by atoms with Crippen molar-refractivity contribution in [2.24, 2.45) is 0 Å². The van der Waals surface area contributed by atoms with Crippen LogP contribution >= 0.6 is 11.3 Å². The lowest BCUT2D eigenvalue weighted by Gasteiger charge is -2.01. The molecule has 6 heteroatoms. The maximum atomic E-state index is 11.9. The predicted molar refractivity (Wildman–Crippen MR) is 66.2 cm³/mol. The molecule has 3 aromatic heterocycles. The summed E-state index contributed by atoms with van der Waals surface area (Å²) in [5, 5.41) is 12.1. The standard InChI is InChI=1S/C11H8N4OS/c16-11(15-8-5-13-14-6-8)9-3-10-7(4-12-9)1-2-17-10/h1-6H,(H,13,14)(H,15,16). The number of carbonyl (C=O) groups excluding carboxylic acids is 1. The highest BCUT2D eigenvalue weighted by molar-refractivity contribution is 7.17. The second kappa shape index (κ2) is 3.99. The van der Waals surface area contributed by atoms with E-state index in [0.29, 0.717) is 11.4 Å². The number of aromatic amines is 1. The summed E-state index contributed by atoms with van der Waals surface area (Å²) in [6, 6.07) is 3.76. The van der Waals surface area contributed by atoms with Crippen LogP contribution < -0.4 is 5.32 Å². The van der Waals surface area contributed by atoms with Crippen molar-refractivity contribution in [1.29, 1.82) is 0 Å². The molecule has 0 aliphatic carbocycles. The van der Waals surface area contributed by atoms with Crippen LogP contribution in [0, 0.1) is 0 Å². The monoisotopic (exact) mass is 244 g/mol. The summed E-state index contributed by atoms with van der Waals surface area (Å²) in [7, 11) is 0. The van der Waals surface area contributed by atoms with Crippen molar-refractivity contribution in [3.8, 4) is 0 Å². The van der Waals surface area contributed by atoms with Crippen LogP contribution in [-0.2, 0) is 0 Å². The van der Waals surface area contributed by atoms with Gasteiger partial charge < -0.3 is 5.32 Å². The summed E-state index contributed by atoms with van der Waals surface area (Å²) in [4.78, 5) is 16.0. The van der Waals surface area contributed by atoms with Gasteiger partial charge in [0.05, 0.1) is 11.9 Å². The normalized spacial score (nSPS) is 10.6. The number of carbonyl (C=O) groups is 1. The SMILES string of the molecule is O=C(Nc1cn[nH]c1)c1cc2sccc2cn1. The molecule has 0 atom stereocenters. The zero-order chi connectivity index (χ0) is 11.7. The van der Waals surface area contributed by atoms with E-state index in [1.165, 1.54) is 0 Å². The molecule has 84 valence electrons. The summed E-state index contributed by atoms with van der Waals surface area (Å²) in [5.41, 5.74) is 1.03. The number of anilines is 1. The molecule has 5 nitrogen and oxygen atoms in total. The van der Waals surface area contributed by atoms with E-state index in [9.17, 15) is 4.79 Å². The Labute approximate surface area is 101 Å². The van der Waals surface area contributed by atoms with Gasteiger partial charge in [0, 0.05) is 22.5 Å². The Bertz CT molecular complexity index is 659. The van der Waals surface area contributed by atoms with E-state index in [4.69, 9.17) is 0 Å². The van der Waals surface area contributed by atoms with Crippen molar-refractivity contribution in [3.05, 3.63) is 41.8 Å². The third kappa shape index (κ3) is 1.90. The molecule has 17 heavy (non-hydrogen) atoms. The first-order valence-electron chi connectivity index (χ1n) is 4.96. The molecule has 0 aliphatic rings. The molecular formula is C11H8N4OS. The van der Waals surface area contributed by atoms with Crippen LogP contribution in [0.1, 0.15) is 10.5 Å². The molecule has 0 bridgehead atoms. The van der Waals surface area contributed by atoms with Gasteiger partial charge in [-0.1, -0.05) is 0 Å². The number of nitrogens with zero attached hydrogens (tertiary/aromatic N) is 2. The number of nitrogens with one attached hydrogen (secondary N) is 2. The molecule has 1 amide bonds. The van der Waals surface area contributed by atoms with E-state index in [0.717, 1.165) is 10.1 Å². The molecule has 0 aromatic carbocycles. The Balaban J connectivity index is 1.90. The number of rotatable bonds is 2. The third-order valence-electron chi connectivity index (χ3n) is 2.33. The van der Waals surface area contributed by atoms with Gasteiger partial charge in [-0.2, -0.15) is 5.10 Å². The van der Waals surface area contributed by atoms with Crippen LogP contribution in [-0.4, -0.2) is 21.1 Å². The second-order valence-corrected chi connectivity index (χ2v) is 4.42. The van der Waals surface area contributed by atoms with Gasteiger partial charge in [0.2, 0.25) is 0 Å². The van der Waals surface area contributed by atoms with Crippen molar-refractivity contribution in [3.63, 3.8) is 0 Å².